The number of para-hydroxylation sites is 1. The second-order valence-electron chi connectivity index (χ2n) is 6.76. The fourth-order valence-corrected chi connectivity index (χ4v) is 5.04. The third kappa shape index (κ3) is 3.75. The lowest BCUT2D eigenvalue weighted by atomic mass is 10.3. The van der Waals surface area contributed by atoms with Gasteiger partial charge in [0.05, 0.1) is 17.3 Å². The summed E-state index contributed by atoms with van der Waals surface area (Å²) in [6, 6.07) is 12.8. The number of thiophene rings is 1. The first-order chi connectivity index (χ1) is 13.0. The molecule has 0 bridgehead atoms. The summed E-state index contributed by atoms with van der Waals surface area (Å²) in [6.07, 6.45) is 0.817. The molecule has 1 N–H and O–H groups in total. The van der Waals surface area contributed by atoms with Gasteiger partial charge in [0.2, 0.25) is 4.77 Å². The van der Waals surface area contributed by atoms with Crippen molar-refractivity contribution in [3.8, 4) is 0 Å². The number of fused-ring (bicyclic) bond motifs is 1. The van der Waals surface area contributed by atoms with Crippen LogP contribution >= 0.6 is 34.9 Å². The molecule has 1 unspecified atom stereocenters. The molecule has 0 saturated carbocycles. The van der Waals surface area contributed by atoms with Crippen molar-refractivity contribution in [2.45, 2.75) is 26.1 Å². The van der Waals surface area contributed by atoms with Crippen molar-refractivity contribution in [1.82, 2.24) is 19.3 Å². The SMILES string of the molecule is C[C@@H](c1nc2ccccc2s1)[NH+](C)Cn1nc(Cc2cccs2)n(C)c1=S. The van der Waals surface area contributed by atoms with Crippen LogP contribution in [0.4, 0.5) is 0 Å². The number of nitrogens with one attached hydrogen (secondary N) is 1. The molecule has 0 radical (unpaired) electrons. The number of hydrogen-bond donors (Lipinski definition) is 1. The van der Waals surface area contributed by atoms with E-state index in [0.717, 1.165) is 27.5 Å². The Bertz CT molecular complexity index is 1070. The Hall–Kier alpha value is -1.87. The van der Waals surface area contributed by atoms with Crippen LogP contribution in [0.3, 0.4) is 0 Å². The van der Waals surface area contributed by atoms with Gasteiger partial charge >= 0.3 is 0 Å². The van der Waals surface area contributed by atoms with Gasteiger partial charge in [-0.3, -0.25) is 0 Å². The predicted octanol–water partition coefficient (Wildman–Crippen LogP) is 3.45. The van der Waals surface area contributed by atoms with Gasteiger partial charge < -0.3 is 9.47 Å². The lowest BCUT2D eigenvalue weighted by Gasteiger charge is -2.19. The van der Waals surface area contributed by atoms with Crippen LogP contribution in [0.25, 0.3) is 10.2 Å². The summed E-state index contributed by atoms with van der Waals surface area (Å²) in [5.74, 6) is 1.00. The molecule has 3 heterocycles. The van der Waals surface area contributed by atoms with E-state index in [1.165, 1.54) is 14.5 Å². The standard InChI is InChI=1S/C19H21N5S3/c1-13(18-20-15-8-4-5-9-16(15)27-18)22(2)12-24-19(25)23(3)17(21-24)11-14-7-6-10-26-14/h4-10,13H,11-12H2,1-3H3/p+1/t13-/m0/s1. The van der Waals surface area contributed by atoms with Crippen LogP contribution in [0.5, 0.6) is 0 Å². The van der Waals surface area contributed by atoms with Gasteiger partial charge in [0, 0.05) is 18.3 Å². The molecule has 0 spiro atoms. The summed E-state index contributed by atoms with van der Waals surface area (Å²) in [6.45, 7) is 2.93. The predicted molar refractivity (Wildman–Crippen MR) is 114 cm³/mol. The quantitative estimate of drug-likeness (QED) is 0.490. The second kappa shape index (κ2) is 7.63. The van der Waals surface area contributed by atoms with Gasteiger partial charge in [-0.1, -0.05) is 18.2 Å². The van der Waals surface area contributed by atoms with Crippen molar-refractivity contribution in [3.05, 3.63) is 62.3 Å². The minimum absolute atomic E-state index is 0.270. The molecule has 140 valence electrons. The summed E-state index contributed by atoms with van der Waals surface area (Å²) < 4.78 is 5.96. The molecule has 0 aliphatic rings. The van der Waals surface area contributed by atoms with Crippen LogP contribution in [0.2, 0.25) is 0 Å². The number of nitrogens with zero attached hydrogens (tertiary/aromatic N) is 4. The molecule has 0 aliphatic heterocycles. The molecule has 4 aromatic rings. The van der Waals surface area contributed by atoms with Crippen molar-refractivity contribution >= 4 is 45.1 Å². The van der Waals surface area contributed by atoms with Crippen molar-refractivity contribution < 1.29 is 4.90 Å². The van der Waals surface area contributed by atoms with Gasteiger partial charge in [-0.2, -0.15) is 9.78 Å². The Balaban J connectivity index is 1.53. The molecule has 8 heteroatoms. The Labute approximate surface area is 171 Å². The number of benzene rings is 1. The van der Waals surface area contributed by atoms with Crippen molar-refractivity contribution in [1.29, 1.82) is 0 Å². The largest absolute Gasteiger partial charge is 0.311 e. The Kier molecular flexibility index (Phi) is 5.23. The zero-order chi connectivity index (χ0) is 19.0. The molecule has 3 aromatic heterocycles. The van der Waals surface area contributed by atoms with Crippen LogP contribution in [-0.4, -0.2) is 26.4 Å². The molecule has 0 fully saturated rings. The monoisotopic (exact) mass is 416 g/mol. The molecule has 2 atom stereocenters. The van der Waals surface area contributed by atoms with E-state index in [4.69, 9.17) is 22.3 Å². The fourth-order valence-electron chi connectivity index (χ4n) is 3.02. The van der Waals surface area contributed by atoms with E-state index in [1.807, 2.05) is 22.4 Å². The number of aromatic nitrogens is 4. The minimum Gasteiger partial charge on any atom is -0.311 e. The topological polar surface area (TPSA) is 40.1 Å². The Morgan fingerprint density at radius 2 is 2.04 bits per heavy atom. The van der Waals surface area contributed by atoms with Gasteiger partial charge in [0.25, 0.3) is 0 Å². The molecule has 27 heavy (non-hydrogen) atoms. The maximum atomic E-state index is 5.62. The summed E-state index contributed by atoms with van der Waals surface area (Å²) in [5.41, 5.74) is 1.07. The van der Waals surface area contributed by atoms with E-state index in [0.29, 0.717) is 6.67 Å². The number of hydrogen-bond acceptors (Lipinski definition) is 5. The van der Waals surface area contributed by atoms with Crippen molar-refractivity contribution in [2.75, 3.05) is 7.05 Å². The van der Waals surface area contributed by atoms with Crippen LogP contribution in [0.1, 0.15) is 28.7 Å². The molecule has 1 aromatic carbocycles. The average Bonchev–Trinajstić information content (AvgIpc) is 3.38. The molecular formula is C19H22N5S3+. The number of rotatable bonds is 6. The Morgan fingerprint density at radius 3 is 2.78 bits per heavy atom. The van der Waals surface area contributed by atoms with E-state index in [1.54, 1.807) is 22.7 Å². The normalized spacial score (nSPS) is 13.9. The van der Waals surface area contributed by atoms with Crippen LogP contribution in [0.15, 0.2) is 41.8 Å². The number of quaternary nitrogens is 1. The third-order valence-corrected chi connectivity index (χ3v) is 7.44. The highest BCUT2D eigenvalue weighted by molar-refractivity contribution is 7.71. The molecule has 0 aliphatic carbocycles. The van der Waals surface area contributed by atoms with Crippen LogP contribution in [-0.2, 0) is 20.1 Å². The summed E-state index contributed by atoms with van der Waals surface area (Å²) in [4.78, 5) is 7.42. The fraction of sp³-hybridized carbons (Fsp3) is 0.316. The second-order valence-corrected chi connectivity index (χ2v) is 9.22. The van der Waals surface area contributed by atoms with Crippen molar-refractivity contribution in [2.24, 2.45) is 7.05 Å². The first kappa shape index (κ1) is 18.5. The average molecular weight is 417 g/mol. The maximum Gasteiger partial charge on any atom is 0.202 e. The van der Waals surface area contributed by atoms with Gasteiger partial charge in [0.1, 0.15) is 11.9 Å². The first-order valence-corrected chi connectivity index (χ1v) is 11.0. The molecule has 4 rings (SSSR count). The summed E-state index contributed by atoms with van der Waals surface area (Å²) >= 11 is 9.14. The van der Waals surface area contributed by atoms with Crippen LogP contribution < -0.4 is 4.90 Å². The van der Waals surface area contributed by atoms with Gasteiger partial charge in [-0.15, -0.1) is 22.7 Å². The zero-order valence-electron chi connectivity index (χ0n) is 15.5. The maximum absolute atomic E-state index is 5.62. The third-order valence-electron chi connectivity index (χ3n) is 4.86. The minimum atomic E-state index is 0.270. The van der Waals surface area contributed by atoms with E-state index in [9.17, 15) is 0 Å². The summed E-state index contributed by atoms with van der Waals surface area (Å²) in [5, 5.41) is 8.03. The van der Waals surface area contributed by atoms with Crippen LogP contribution in [0, 0.1) is 4.77 Å². The van der Waals surface area contributed by atoms with E-state index >= 15 is 0 Å². The molecule has 5 nitrogen and oxygen atoms in total. The molecular weight excluding hydrogens is 394 g/mol. The summed E-state index contributed by atoms with van der Waals surface area (Å²) in [7, 11) is 4.17. The van der Waals surface area contributed by atoms with Gasteiger partial charge in [-0.25, -0.2) is 4.98 Å². The van der Waals surface area contributed by atoms with E-state index in [2.05, 4.69) is 49.7 Å². The first-order valence-electron chi connectivity index (χ1n) is 8.86. The van der Waals surface area contributed by atoms with Crippen molar-refractivity contribution in [3.63, 3.8) is 0 Å². The Morgan fingerprint density at radius 1 is 1.22 bits per heavy atom. The molecule has 0 saturated heterocycles. The lowest BCUT2D eigenvalue weighted by Crippen LogP contribution is -3.08. The highest BCUT2D eigenvalue weighted by atomic mass is 32.1. The van der Waals surface area contributed by atoms with Gasteiger partial charge in [-0.05, 0) is 42.7 Å². The molecule has 0 amide bonds. The lowest BCUT2D eigenvalue weighted by molar-refractivity contribution is -0.933. The highest BCUT2D eigenvalue weighted by Gasteiger charge is 2.21. The highest BCUT2D eigenvalue weighted by Crippen LogP contribution is 2.24. The van der Waals surface area contributed by atoms with E-state index in [-0.39, 0.29) is 6.04 Å². The zero-order valence-corrected chi connectivity index (χ0v) is 18.0. The van der Waals surface area contributed by atoms with E-state index < -0.39 is 0 Å². The van der Waals surface area contributed by atoms with Gasteiger partial charge in [0.15, 0.2) is 11.7 Å². The smallest absolute Gasteiger partial charge is 0.202 e. The number of thiazole rings is 1.